The first-order valence-electron chi connectivity index (χ1n) is 7.59. The second kappa shape index (κ2) is 9.76. The van der Waals surface area contributed by atoms with Crippen molar-refractivity contribution in [1.29, 1.82) is 0 Å². The Hall–Kier alpha value is -2.18. The highest BCUT2D eigenvalue weighted by molar-refractivity contribution is 5.85. The summed E-state index contributed by atoms with van der Waals surface area (Å²) in [4.78, 5) is 39.5. The topological polar surface area (TPSA) is 112 Å². The number of carboxylic acid groups (broad SMARTS) is 1. The van der Waals surface area contributed by atoms with Crippen LogP contribution in [0.15, 0.2) is 12.5 Å². The van der Waals surface area contributed by atoms with Crippen LogP contribution in [0.1, 0.15) is 53.2 Å². The molecule has 0 aliphatic carbocycles. The van der Waals surface area contributed by atoms with Crippen molar-refractivity contribution in [1.82, 2.24) is 15.3 Å². The first kappa shape index (κ1) is 20.8. The molecule has 130 valence electrons. The Morgan fingerprint density at radius 2 is 1.65 bits per heavy atom. The molecule has 1 aromatic rings. The van der Waals surface area contributed by atoms with E-state index in [-0.39, 0.29) is 29.4 Å². The van der Waals surface area contributed by atoms with Gasteiger partial charge in [-0.1, -0.05) is 34.6 Å². The van der Waals surface area contributed by atoms with Gasteiger partial charge in [-0.15, -0.1) is 0 Å². The molecule has 0 saturated heterocycles. The van der Waals surface area contributed by atoms with E-state index in [1.807, 2.05) is 13.8 Å². The minimum atomic E-state index is -1.05. The molecule has 1 heterocycles. The van der Waals surface area contributed by atoms with Crippen LogP contribution in [0, 0.1) is 11.8 Å². The maximum absolute atomic E-state index is 11.5. The normalized spacial score (nSPS) is 13.0. The smallest absolute Gasteiger partial charge is 0.326 e. The number of nitrogens with zero attached hydrogens (tertiary/aromatic N) is 1. The third-order valence-corrected chi connectivity index (χ3v) is 3.41. The molecule has 0 bridgehead atoms. The van der Waals surface area contributed by atoms with Crippen LogP contribution < -0.4 is 5.32 Å². The minimum absolute atomic E-state index is 0.213. The van der Waals surface area contributed by atoms with Crippen LogP contribution in [0.4, 0.5) is 0 Å². The zero-order valence-electron chi connectivity index (χ0n) is 14.6. The number of amides is 1. The fourth-order valence-electron chi connectivity index (χ4n) is 1.42. The Kier molecular flexibility index (Phi) is 8.83. The van der Waals surface area contributed by atoms with Gasteiger partial charge in [0.2, 0.25) is 5.91 Å². The number of ketones is 1. The van der Waals surface area contributed by atoms with Crippen LogP contribution >= 0.6 is 0 Å². The standard InChI is InChI=1S/C11H17N3O3.C5H10O/c1-6(2)10(15)14-9(11(16)17)7(3)8-4-12-5-13-8;1-4(2)5(3)6/h4-7,9H,1-3H3,(H,12,13)(H,14,15)(H,16,17);4H,1-3H3. The zero-order valence-corrected chi connectivity index (χ0v) is 14.6. The number of carbonyl (C=O) groups is 3. The van der Waals surface area contributed by atoms with Crippen LogP contribution in [0.25, 0.3) is 0 Å². The van der Waals surface area contributed by atoms with E-state index >= 15 is 0 Å². The number of imidazole rings is 1. The van der Waals surface area contributed by atoms with Gasteiger partial charge in [-0.2, -0.15) is 0 Å². The lowest BCUT2D eigenvalue weighted by molar-refractivity contribution is -0.142. The quantitative estimate of drug-likeness (QED) is 0.740. The van der Waals surface area contributed by atoms with Gasteiger partial charge in [0.05, 0.1) is 6.33 Å². The molecular formula is C16H27N3O4. The van der Waals surface area contributed by atoms with Crippen molar-refractivity contribution < 1.29 is 19.5 Å². The fourth-order valence-corrected chi connectivity index (χ4v) is 1.42. The highest BCUT2D eigenvalue weighted by Crippen LogP contribution is 2.17. The van der Waals surface area contributed by atoms with Crippen molar-refractivity contribution in [2.24, 2.45) is 11.8 Å². The lowest BCUT2D eigenvalue weighted by atomic mass is 9.98. The van der Waals surface area contributed by atoms with Gasteiger partial charge >= 0.3 is 5.97 Å². The van der Waals surface area contributed by atoms with Crippen LogP contribution in [-0.2, 0) is 14.4 Å². The number of carboxylic acids is 1. The molecule has 0 spiro atoms. The van der Waals surface area contributed by atoms with Gasteiger partial charge in [-0.05, 0) is 6.92 Å². The van der Waals surface area contributed by atoms with Gasteiger partial charge in [-0.25, -0.2) is 9.78 Å². The molecule has 2 atom stereocenters. The first-order chi connectivity index (χ1) is 10.6. The summed E-state index contributed by atoms with van der Waals surface area (Å²) in [5.74, 6) is -1.46. The van der Waals surface area contributed by atoms with E-state index in [4.69, 9.17) is 5.11 Å². The Labute approximate surface area is 136 Å². The SMILES string of the molecule is CC(=O)C(C)C.CC(C)C(=O)NC(C(=O)O)C(C)c1cnc[nH]1. The number of H-pyrrole nitrogens is 1. The van der Waals surface area contributed by atoms with Crippen molar-refractivity contribution in [3.05, 3.63) is 18.2 Å². The number of nitrogens with one attached hydrogen (secondary N) is 2. The predicted molar refractivity (Wildman–Crippen MR) is 86.9 cm³/mol. The summed E-state index contributed by atoms with van der Waals surface area (Å²) in [5.41, 5.74) is 0.682. The lowest BCUT2D eigenvalue weighted by Crippen LogP contribution is -2.45. The Morgan fingerprint density at radius 3 is 1.96 bits per heavy atom. The van der Waals surface area contributed by atoms with Crippen molar-refractivity contribution >= 4 is 17.7 Å². The fraction of sp³-hybridized carbons (Fsp3) is 0.625. The average molecular weight is 325 g/mol. The predicted octanol–water partition coefficient (Wildman–Crippen LogP) is 1.97. The molecule has 3 N–H and O–H groups in total. The van der Waals surface area contributed by atoms with Gasteiger partial charge in [0.15, 0.2) is 0 Å². The first-order valence-corrected chi connectivity index (χ1v) is 7.59. The van der Waals surface area contributed by atoms with E-state index < -0.39 is 12.0 Å². The summed E-state index contributed by atoms with van der Waals surface area (Å²) in [6, 6.07) is -0.953. The zero-order chi connectivity index (χ0) is 18.2. The summed E-state index contributed by atoms with van der Waals surface area (Å²) >= 11 is 0. The number of aromatic amines is 1. The van der Waals surface area contributed by atoms with Crippen LogP contribution in [0.5, 0.6) is 0 Å². The Balaban J connectivity index is 0.000000688. The molecule has 7 heteroatoms. The maximum atomic E-state index is 11.5. The molecule has 2 unspecified atom stereocenters. The molecule has 1 aromatic heterocycles. The molecule has 0 saturated carbocycles. The van der Waals surface area contributed by atoms with Crippen molar-refractivity contribution in [3.8, 4) is 0 Å². The highest BCUT2D eigenvalue weighted by atomic mass is 16.4. The Morgan fingerprint density at radius 1 is 1.13 bits per heavy atom. The molecule has 0 aliphatic rings. The monoisotopic (exact) mass is 325 g/mol. The third-order valence-electron chi connectivity index (χ3n) is 3.41. The molecule has 0 fully saturated rings. The molecule has 23 heavy (non-hydrogen) atoms. The number of hydrogen-bond acceptors (Lipinski definition) is 4. The number of hydrogen-bond donors (Lipinski definition) is 3. The molecular weight excluding hydrogens is 298 g/mol. The van der Waals surface area contributed by atoms with E-state index in [2.05, 4.69) is 15.3 Å². The number of aliphatic carboxylic acids is 1. The van der Waals surface area contributed by atoms with E-state index in [0.717, 1.165) is 0 Å². The van der Waals surface area contributed by atoms with Gasteiger partial charge in [0, 0.05) is 29.6 Å². The van der Waals surface area contributed by atoms with Gasteiger partial charge in [0.25, 0.3) is 0 Å². The Bertz CT molecular complexity index is 509. The number of carbonyl (C=O) groups excluding carboxylic acids is 2. The molecule has 1 amide bonds. The average Bonchev–Trinajstić information content (AvgIpc) is 2.97. The molecule has 0 aliphatic heterocycles. The van der Waals surface area contributed by atoms with E-state index in [0.29, 0.717) is 5.69 Å². The summed E-state index contributed by atoms with van der Waals surface area (Å²) in [6.45, 7) is 10.5. The maximum Gasteiger partial charge on any atom is 0.326 e. The second-order valence-electron chi connectivity index (χ2n) is 6.04. The third kappa shape index (κ3) is 7.58. The molecule has 0 radical (unpaired) electrons. The van der Waals surface area contributed by atoms with Crippen molar-refractivity contribution in [3.63, 3.8) is 0 Å². The largest absolute Gasteiger partial charge is 0.480 e. The summed E-state index contributed by atoms with van der Waals surface area (Å²) in [6.07, 6.45) is 3.04. The van der Waals surface area contributed by atoms with Crippen molar-refractivity contribution in [2.45, 2.75) is 53.5 Å². The lowest BCUT2D eigenvalue weighted by Gasteiger charge is -2.21. The van der Waals surface area contributed by atoms with Gasteiger partial charge in [0.1, 0.15) is 11.8 Å². The van der Waals surface area contributed by atoms with Crippen molar-refractivity contribution in [2.75, 3.05) is 0 Å². The summed E-state index contributed by atoms with van der Waals surface area (Å²) < 4.78 is 0. The van der Waals surface area contributed by atoms with Crippen LogP contribution in [-0.4, -0.2) is 38.8 Å². The van der Waals surface area contributed by atoms with Gasteiger partial charge < -0.3 is 15.4 Å². The van der Waals surface area contributed by atoms with E-state index in [1.54, 1.807) is 33.9 Å². The van der Waals surface area contributed by atoms with E-state index in [9.17, 15) is 14.4 Å². The molecule has 1 rings (SSSR count). The summed E-state index contributed by atoms with van der Waals surface area (Å²) in [7, 11) is 0. The molecule has 7 nitrogen and oxygen atoms in total. The second-order valence-corrected chi connectivity index (χ2v) is 6.04. The van der Waals surface area contributed by atoms with Gasteiger partial charge in [-0.3, -0.25) is 9.59 Å². The number of aromatic nitrogens is 2. The molecule has 0 aromatic carbocycles. The van der Waals surface area contributed by atoms with Crippen LogP contribution in [0.2, 0.25) is 0 Å². The number of Topliss-reactive ketones (excluding diaryl/α,β-unsaturated/α-hetero) is 1. The summed E-state index contributed by atoms with van der Waals surface area (Å²) in [5, 5.41) is 11.6. The minimum Gasteiger partial charge on any atom is -0.480 e. The van der Waals surface area contributed by atoms with Crippen LogP contribution in [0.3, 0.4) is 0 Å². The van der Waals surface area contributed by atoms with E-state index in [1.165, 1.54) is 6.33 Å². The number of rotatable bonds is 6. The highest BCUT2D eigenvalue weighted by Gasteiger charge is 2.29.